The minimum Gasteiger partial charge on any atom is -0.399 e. The van der Waals surface area contributed by atoms with Crippen molar-refractivity contribution in [3.8, 4) is 11.4 Å². The SMILES string of the molecule is Cc1ccc(N)cc1Nc1nc(-c2cnc3ccc(Cl)cn23)cs1. The Balaban J connectivity index is 1.69. The van der Waals surface area contributed by atoms with Gasteiger partial charge in [-0.15, -0.1) is 11.3 Å². The second kappa shape index (κ2) is 5.81. The highest BCUT2D eigenvalue weighted by Crippen LogP contribution is 2.29. The highest BCUT2D eigenvalue weighted by molar-refractivity contribution is 7.14. The van der Waals surface area contributed by atoms with Crippen molar-refractivity contribution in [2.45, 2.75) is 6.92 Å². The molecule has 1 aromatic carbocycles. The summed E-state index contributed by atoms with van der Waals surface area (Å²) in [7, 11) is 0. The molecular formula is C17H14ClN5S. The van der Waals surface area contributed by atoms with Gasteiger partial charge in [-0.1, -0.05) is 17.7 Å². The zero-order valence-corrected chi connectivity index (χ0v) is 14.4. The molecule has 0 atom stereocenters. The van der Waals surface area contributed by atoms with Crippen LogP contribution in [0.15, 0.2) is 48.1 Å². The van der Waals surface area contributed by atoms with E-state index < -0.39 is 0 Å². The lowest BCUT2D eigenvalue weighted by molar-refractivity contribution is 1.18. The van der Waals surface area contributed by atoms with E-state index in [-0.39, 0.29) is 0 Å². The zero-order chi connectivity index (χ0) is 16.7. The number of aromatic nitrogens is 3. The van der Waals surface area contributed by atoms with Crippen molar-refractivity contribution >= 4 is 45.1 Å². The molecule has 0 radical (unpaired) electrons. The molecule has 5 nitrogen and oxygen atoms in total. The zero-order valence-electron chi connectivity index (χ0n) is 12.8. The molecule has 0 amide bonds. The Hall–Kier alpha value is -2.57. The largest absolute Gasteiger partial charge is 0.399 e. The van der Waals surface area contributed by atoms with Crippen LogP contribution >= 0.6 is 22.9 Å². The van der Waals surface area contributed by atoms with Gasteiger partial charge in [0.25, 0.3) is 0 Å². The summed E-state index contributed by atoms with van der Waals surface area (Å²) in [5.74, 6) is 0. The van der Waals surface area contributed by atoms with Gasteiger partial charge in [0.2, 0.25) is 0 Å². The van der Waals surface area contributed by atoms with Gasteiger partial charge in [-0.2, -0.15) is 0 Å². The normalized spacial score (nSPS) is 11.1. The summed E-state index contributed by atoms with van der Waals surface area (Å²) in [6.45, 7) is 2.03. The number of imidazole rings is 1. The fraction of sp³-hybridized carbons (Fsp3) is 0.0588. The Bertz CT molecular complexity index is 1040. The van der Waals surface area contributed by atoms with Gasteiger partial charge in [0.15, 0.2) is 5.13 Å². The number of nitrogens with two attached hydrogens (primary N) is 1. The predicted molar refractivity (Wildman–Crippen MR) is 100 cm³/mol. The highest BCUT2D eigenvalue weighted by Gasteiger charge is 2.11. The summed E-state index contributed by atoms with van der Waals surface area (Å²) in [5.41, 5.74) is 11.2. The van der Waals surface area contributed by atoms with Crippen LogP contribution in [0, 0.1) is 6.92 Å². The number of nitrogen functional groups attached to an aromatic ring is 1. The smallest absolute Gasteiger partial charge is 0.187 e. The van der Waals surface area contributed by atoms with Crippen molar-refractivity contribution in [3.63, 3.8) is 0 Å². The maximum Gasteiger partial charge on any atom is 0.187 e. The fourth-order valence-corrected chi connectivity index (χ4v) is 3.36. The highest BCUT2D eigenvalue weighted by atomic mass is 35.5. The number of nitrogens with one attached hydrogen (secondary N) is 1. The number of thiazole rings is 1. The first-order valence-electron chi connectivity index (χ1n) is 7.32. The average Bonchev–Trinajstić information content (AvgIpc) is 3.17. The third-order valence-corrected chi connectivity index (χ3v) is 4.72. The van der Waals surface area contributed by atoms with E-state index in [0.29, 0.717) is 5.02 Å². The molecule has 0 aliphatic heterocycles. The molecule has 0 fully saturated rings. The van der Waals surface area contributed by atoms with Crippen LogP contribution < -0.4 is 11.1 Å². The maximum atomic E-state index is 6.09. The van der Waals surface area contributed by atoms with Crippen LogP contribution in [-0.2, 0) is 0 Å². The molecule has 0 saturated heterocycles. The van der Waals surface area contributed by atoms with Gasteiger partial charge < -0.3 is 11.1 Å². The molecule has 3 aromatic heterocycles. The Labute approximate surface area is 147 Å². The number of aryl methyl sites for hydroxylation is 1. The van der Waals surface area contributed by atoms with E-state index in [0.717, 1.165) is 39.1 Å². The number of nitrogens with zero attached hydrogens (tertiary/aromatic N) is 3. The number of hydrogen-bond acceptors (Lipinski definition) is 5. The van der Waals surface area contributed by atoms with Crippen LogP contribution in [-0.4, -0.2) is 14.4 Å². The molecule has 7 heteroatoms. The second-order valence-electron chi connectivity index (χ2n) is 5.46. The first-order valence-corrected chi connectivity index (χ1v) is 8.57. The quantitative estimate of drug-likeness (QED) is 0.520. The Morgan fingerprint density at radius 1 is 1.25 bits per heavy atom. The number of hydrogen-bond donors (Lipinski definition) is 2. The molecule has 0 saturated carbocycles. The summed E-state index contributed by atoms with van der Waals surface area (Å²) >= 11 is 7.62. The summed E-state index contributed by atoms with van der Waals surface area (Å²) in [6, 6.07) is 9.48. The van der Waals surface area contributed by atoms with E-state index in [2.05, 4.69) is 15.3 Å². The van der Waals surface area contributed by atoms with Crippen LogP contribution in [0.25, 0.3) is 17.0 Å². The molecule has 4 rings (SSSR count). The van der Waals surface area contributed by atoms with Gasteiger partial charge in [-0.05, 0) is 36.8 Å². The molecule has 0 bridgehead atoms. The standard InChI is InChI=1S/C17H14ClN5S/c1-10-2-4-12(19)6-13(10)21-17-22-14(9-24-17)15-7-20-16-5-3-11(18)8-23(15)16/h2-9H,19H2,1H3,(H,21,22). The van der Waals surface area contributed by atoms with Gasteiger partial charge >= 0.3 is 0 Å². The summed E-state index contributed by atoms with van der Waals surface area (Å²) < 4.78 is 1.94. The van der Waals surface area contributed by atoms with Crippen molar-refractivity contribution < 1.29 is 0 Å². The minimum absolute atomic E-state index is 0.658. The summed E-state index contributed by atoms with van der Waals surface area (Å²) in [6.07, 6.45) is 3.64. The van der Waals surface area contributed by atoms with Crippen LogP contribution in [0.3, 0.4) is 0 Å². The minimum atomic E-state index is 0.658. The Morgan fingerprint density at radius 2 is 2.12 bits per heavy atom. The molecule has 0 aliphatic carbocycles. The van der Waals surface area contributed by atoms with Crippen molar-refractivity contribution in [1.82, 2.24) is 14.4 Å². The predicted octanol–water partition coefficient (Wildman–Crippen LogP) is 4.75. The van der Waals surface area contributed by atoms with Crippen LogP contribution in [0.5, 0.6) is 0 Å². The molecule has 3 heterocycles. The maximum absolute atomic E-state index is 6.09. The van der Waals surface area contributed by atoms with Crippen molar-refractivity contribution in [2.75, 3.05) is 11.1 Å². The van der Waals surface area contributed by atoms with E-state index in [1.165, 1.54) is 11.3 Å². The molecule has 24 heavy (non-hydrogen) atoms. The van der Waals surface area contributed by atoms with Gasteiger partial charge in [0, 0.05) is 23.0 Å². The number of halogens is 1. The van der Waals surface area contributed by atoms with Gasteiger partial charge in [-0.3, -0.25) is 4.40 Å². The van der Waals surface area contributed by atoms with Gasteiger partial charge in [0.1, 0.15) is 11.3 Å². The average molecular weight is 356 g/mol. The Morgan fingerprint density at radius 3 is 3.00 bits per heavy atom. The van der Waals surface area contributed by atoms with Crippen LogP contribution in [0.1, 0.15) is 5.56 Å². The molecule has 0 spiro atoms. The molecule has 3 N–H and O–H groups in total. The van der Waals surface area contributed by atoms with Crippen LogP contribution in [0.4, 0.5) is 16.5 Å². The fourth-order valence-electron chi connectivity index (χ4n) is 2.48. The van der Waals surface area contributed by atoms with Gasteiger partial charge in [-0.25, -0.2) is 9.97 Å². The number of benzene rings is 1. The number of fused-ring (bicyclic) bond motifs is 1. The monoisotopic (exact) mass is 355 g/mol. The van der Waals surface area contributed by atoms with E-state index in [4.69, 9.17) is 17.3 Å². The third-order valence-electron chi connectivity index (χ3n) is 3.74. The molecule has 0 aliphatic rings. The van der Waals surface area contributed by atoms with Crippen molar-refractivity contribution in [1.29, 1.82) is 0 Å². The van der Waals surface area contributed by atoms with Crippen LogP contribution in [0.2, 0.25) is 5.02 Å². The second-order valence-corrected chi connectivity index (χ2v) is 6.75. The first-order chi connectivity index (χ1) is 11.6. The number of rotatable bonds is 3. The Kier molecular flexibility index (Phi) is 3.63. The third kappa shape index (κ3) is 2.70. The molecule has 0 unspecified atom stereocenters. The summed E-state index contributed by atoms with van der Waals surface area (Å²) in [4.78, 5) is 9.05. The van der Waals surface area contributed by atoms with E-state index in [9.17, 15) is 0 Å². The van der Waals surface area contributed by atoms with Crippen molar-refractivity contribution in [3.05, 3.63) is 58.7 Å². The lowest BCUT2D eigenvalue weighted by atomic mass is 10.2. The van der Waals surface area contributed by atoms with E-state index in [1.807, 2.05) is 53.2 Å². The van der Waals surface area contributed by atoms with E-state index >= 15 is 0 Å². The summed E-state index contributed by atoms with van der Waals surface area (Å²) in [5, 5.41) is 6.78. The molecule has 120 valence electrons. The molecular weight excluding hydrogens is 342 g/mol. The topological polar surface area (TPSA) is 68.2 Å². The van der Waals surface area contributed by atoms with E-state index in [1.54, 1.807) is 6.20 Å². The first kappa shape index (κ1) is 15.0. The van der Waals surface area contributed by atoms with Crippen molar-refractivity contribution in [2.24, 2.45) is 0 Å². The lowest BCUT2D eigenvalue weighted by Crippen LogP contribution is -1.95. The molecule has 4 aromatic rings. The lowest BCUT2D eigenvalue weighted by Gasteiger charge is -2.07. The number of anilines is 3. The number of pyridine rings is 1. The van der Waals surface area contributed by atoms with Gasteiger partial charge in [0.05, 0.1) is 16.9 Å².